The van der Waals surface area contributed by atoms with E-state index in [1.54, 1.807) is 63.2 Å². The fraction of sp³-hybridized carbons (Fsp3) is 0.439. The summed E-state index contributed by atoms with van der Waals surface area (Å²) in [6, 6.07) is 68.8. The van der Waals surface area contributed by atoms with E-state index in [4.69, 9.17) is 36.2 Å². The smallest absolute Gasteiger partial charge is 0.410 e. The van der Waals surface area contributed by atoms with Gasteiger partial charge in [0.1, 0.15) is 30.5 Å². The minimum atomic E-state index is -1.45. The third-order valence-electron chi connectivity index (χ3n) is 22.3. The lowest BCUT2D eigenvalue weighted by atomic mass is 9.87. The number of amides is 7. The van der Waals surface area contributed by atoms with Crippen molar-refractivity contribution < 1.29 is 62.4 Å². The molecule has 0 aliphatic carbocycles. The number of nitrogens with zero attached hydrogens (tertiary/aromatic N) is 4. The standard InChI is InChI=1S/C30H40N2O3Si.C27H32N2O3.C25H31BrN2O3.C18H28N2O2.C7H5BrO2/c1-30(2,3)35-29(34)32-19-16-24(17-20-32)22-27(25-10-8-7-9-11-25)31-28(33)26-14-12-23(13-15-26)18-21-36(4,5)6;1-5-20-11-13-23(14-12-20)25(30)28-24(22-9-7-6-8-10-22)19-21-15-17-29(18-16-21)26(31)32-27(2,3)4;1-25(2,3)31-24(30)28-15-13-18(14-16-28)17-22(19-7-5-4-6-8-19)27-23(29)20-9-11-21(26)12-10-20;1-18(2,3)22-17(21)20-11-9-14(10-12-20)13-16(19)15-7-5-4-6-8-15;8-6-3-1-5(2-4-6)7(9)10/h7-15,24,27H,16-17,19-20,22H2,1-6H3,(H,31,33);1,6-14,21,24H,15-19H2,2-4H3,(H,28,30);4-12,18,22H,13-17H2,1-3H3,(H,27,29);4-8,14,16H,9-13,19H2,1-3H3;1-4H,(H,9,10). The summed E-state index contributed by atoms with van der Waals surface area (Å²) in [5.41, 5.74) is 16.1. The van der Waals surface area contributed by atoms with Crippen molar-refractivity contribution in [2.24, 2.45) is 29.4 Å². The lowest BCUT2D eigenvalue weighted by Gasteiger charge is -2.35. The lowest BCUT2D eigenvalue weighted by Crippen LogP contribution is -2.42. The second-order valence-electron chi connectivity index (χ2n) is 39.0. The molecule has 4 atom stereocenters. The number of aromatic carboxylic acids is 1. The van der Waals surface area contributed by atoms with Gasteiger partial charge in [-0.2, -0.15) is 0 Å². The van der Waals surface area contributed by atoms with Crippen molar-refractivity contribution in [2.75, 3.05) is 52.4 Å². The van der Waals surface area contributed by atoms with Crippen LogP contribution in [0.15, 0.2) is 227 Å². The van der Waals surface area contributed by atoms with E-state index in [0.717, 1.165) is 127 Å². The third-order valence-corrected chi connectivity index (χ3v) is 24.3. The summed E-state index contributed by atoms with van der Waals surface area (Å²) in [6.45, 7) is 34.9. The Kier molecular flexibility index (Phi) is 40.7. The van der Waals surface area contributed by atoms with E-state index in [-0.39, 0.29) is 66.3 Å². The van der Waals surface area contributed by atoms with Crippen molar-refractivity contribution in [1.82, 2.24) is 35.6 Å². The molecule has 21 nitrogen and oxygen atoms in total. The molecule has 0 radical (unpaired) electrons. The van der Waals surface area contributed by atoms with Crippen LogP contribution in [0.5, 0.6) is 0 Å². The second kappa shape index (κ2) is 50.6. The van der Waals surface area contributed by atoms with E-state index in [1.165, 1.54) is 5.56 Å². The average molecular weight is 1930 g/mol. The van der Waals surface area contributed by atoms with Gasteiger partial charge in [-0.15, -0.1) is 12.0 Å². The molecule has 700 valence electrons. The minimum Gasteiger partial charge on any atom is -0.478 e. The van der Waals surface area contributed by atoms with E-state index >= 15 is 0 Å². The third kappa shape index (κ3) is 38.7. The molecule has 6 N–H and O–H groups in total. The molecule has 12 rings (SSSR count). The van der Waals surface area contributed by atoms with Crippen LogP contribution in [-0.2, 0) is 18.9 Å². The number of hydrogen-bond acceptors (Lipinski definition) is 13. The van der Waals surface area contributed by atoms with Crippen LogP contribution in [0.4, 0.5) is 19.2 Å². The fourth-order valence-electron chi connectivity index (χ4n) is 15.4. The highest BCUT2D eigenvalue weighted by molar-refractivity contribution is 9.10. The van der Waals surface area contributed by atoms with Gasteiger partial charge in [0.2, 0.25) is 0 Å². The number of terminal acetylenes is 1. The van der Waals surface area contributed by atoms with Gasteiger partial charge in [0.05, 0.1) is 23.7 Å². The molecular formula is C107H136Br2N8O13Si. The van der Waals surface area contributed by atoms with E-state index in [0.29, 0.717) is 85.2 Å². The summed E-state index contributed by atoms with van der Waals surface area (Å²) >= 11 is 6.61. The molecule has 4 saturated heterocycles. The number of carbonyl (C=O) groups excluding carboxylic acids is 7. The summed E-state index contributed by atoms with van der Waals surface area (Å²) < 4.78 is 23.8. The lowest BCUT2D eigenvalue weighted by molar-refractivity contribution is 0.0167. The average Bonchev–Trinajstić information content (AvgIpc) is 0.856. The van der Waals surface area contributed by atoms with Crippen LogP contribution in [0.2, 0.25) is 19.6 Å². The van der Waals surface area contributed by atoms with Gasteiger partial charge in [0, 0.05) is 95.2 Å². The van der Waals surface area contributed by atoms with Crippen LogP contribution in [0.3, 0.4) is 0 Å². The Bertz CT molecular complexity index is 5030. The Morgan fingerprint density at radius 2 is 0.611 bits per heavy atom. The first-order valence-electron chi connectivity index (χ1n) is 45.6. The number of halogens is 2. The van der Waals surface area contributed by atoms with Crippen molar-refractivity contribution >= 4 is 88.0 Å². The monoisotopic (exact) mass is 1930 g/mol. The number of carbonyl (C=O) groups is 8. The number of ether oxygens (including phenoxy) is 4. The predicted octanol–water partition coefficient (Wildman–Crippen LogP) is 23.4. The molecule has 0 aromatic heterocycles. The maximum Gasteiger partial charge on any atom is 0.410 e. The molecule has 0 saturated carbocycles. The molecule has 4 aliphatic heterocycles. The van der Waals surface area contributed by atoms with E-state index < -0.39 is 36.4 Å². The molecule has 4 unspecified atom stereocenters. The minimum absolute atomic E-state index is 0.0737. The Balaban J connectivity index is 0.000000210. The zero-order valence-corrected chi connectivity index (χ0v) is 83.3. The Hall–Kier alpha value is -11.0. The molecule has 4 heterocycles. The van der Waals surface area contributed by atoms with Crippen molar-refractivity contribution in [3.05, 3.63) is 283 Å². The highest BCUT2D eigenvalue weighted by Gasteiger charge is 2.35. The van der Waals surface area contributed by atoms with Crippen LogP contribution in [-0.4, -0.2) is 156 Å². The molecule has 7 amide bonds. The van der Waals surface area contributed by atoms with Gasteiger partial charge in [-0.3, -0.25) is 14.4 Å². The van der Waals surface area contributed by atoms with Gasteiger partial charge >= 0.3 is 30.3 Å². The Morgan fingerprint density at radius 1 is 0.374 bits per heavy atom. The second-order valence-corrected chi connectivity index (χ2v) is 45.6. The van der Waals surface area contributed by atoms with Crippen LogP contribution in [0.1, 0.15) is 259 Å². The molecule has 0 spiro atoms. The molecule has 24 heteroatoms. The summed E-state index contributed by atoms with van der Waals surface area (Å²) in [5.74, 6) is 6.45. The van der Waals surface area contributed by atoms with Crippen LogP contribution in [0, 0.1) is 47.5 Å². The number of rotatable bonds is 19. The van der Waals surface area contributed by atoms with Gasteiger partial charge in [0.25, 0.3) is 17.7 Å². The normalized spacial score (nSPS) is 15.5. The molecule has 0 bridgehead atoms. The SMILES string of the molecule is C#Cc1ccc(C(=O)NC(CC2CCN(C(=O)OC(C)(C)C)CC2)c2ccccc2)cc1.CC(C)(C)OC(=O)N1CCC(CC(N)c2ccccc2)CC1.CC(C)(C)OC(=O)N1CCC(CC(NC(=O)c2ccc(Br)cc2)c2ccccc2)CC1.CC(C)(C)OC(=O)N1CCC(CC(NC(=O)c2ccc(C#C[Si](C)(C)C)cc2)c2ccccc2)CC1.O=C(O)c1ccc(Br)cc1. The molecule has 8 aromatic carbocycles. The number of hydrogen-bond donors (Lipinski definition) is 5. The number of piperidine rings is 4. The first kappa shape index (κ1) is 105. The number of carboxylic acid groups (broad SMARTS) is 1. The molecule has 4 aliphatic rings. The molecule has 8 aromatic rings. The topological polar surface area (TPSA) is 269 Å². The van der Waals surface area contributed by atoms with Crippen molar-refractivity contribution in [3.63, 3.8) is 0 Å². The van der Waals surface area contributed by atoms with Gasteiger partial charge in [-0.1, -0.05) is 185 Å². The van der Waals surface area contributed by atoms with Crippen molar-refractivity contribution in [3.8, 4) is 23.8 Å². The van der Waals surface area contributed by atoms with Gasteiger partial charge in [0.15, 0.2) is 0 Å². The van der Waals surface area contributed by atoms with E-state index in [9.17, 15) is 38.4 Å². The first-order valence-corrected chi connectivity index (χ1v) is 50.7. The van der Waals surface area contributed by atoms with Gasteiger partial charge in [-0.05, 0) is 303 Å². The molecule has 131 heavy (non-hydrogen) atoms. The Morgan fingerprint density at radius 3 is 0.855 bits per heavy atom. The highest BCUT2D eigenvalue weighted by atomic mass is 79.9. The molecule has 4 fully saturated rings. The number of carboxylic acids is 1. The number of nitrogens with one attached hydrogen (secondary N) is 3. The molecular weight excluding hydrogens is 1790 g/mol. The summed E-state index contributed by atoms with van der Waals surface area (Å²) in [7, 11) is -1.45. The van der Waals surface area contributed by atoms with Crippen LogP contribution >= 0.6 is 31.9 Å². The van der Waals surface area contributed by atoms with Crippen LogP contribution < -0.4 is 21.7 Å². The number of nitrogens with two attached hydrogens (primary N) is 1. The Labute approximate surface area is 795 Å². The summed E-state index contributed by atoms with van der Waals surface area (Å²) in [5, 5.41) is 18.2. The maximum absolute atomic E-state index is 13.2. The quantitative estimate of drug-likeness (QED) is 0.0286. The maximum atomic E-state index is 13.2. The van der Waals surface area contributed by atoms with Gasteiger partial charge < -0.3 is 65.3 Å². The fourth-order valence-corrected chi connectivity index (χ4v) is 16.4. The zero-order chi connectivity index (χ0) is 95.6. The highest BCUT2D eigenvalue weighted by Crippen LogP contribution is 2.35. The predicted molar refractivity (Wildman–Crippen MR) is 530 cm³/mol. The van der Waals surface area contributed by atoms with Crippen molar-refractivity contribution in [1.29, 1.82) is 0 Å². The number of likely N-dealkylation sites (tertiary alicyclic amines) is 4. The zero-order valence-electron chi connectivity index (χ0n) is 79.1. The van der Waals surface area contributed by atoms with Gasteiger partial charge in [-0.25, -0.2) is 24.0 Å². The number of benzene rings is 8. The van der Waals surface area contributed by atoms with E-state index in [2.05, 4.69) is 121 Å². The summed E-state index contributed by atoms with van der Waals surface area (Å²) in [6.07, 6.45) is 15.3. The van der Waals surface area contributed by atoms with E-state index in [1.807, 2.05) is 221 Å². The summed E-state index contributed by atoms with van der Waals surface area (Å²) in [4.78, 5) is 106. The van der Waals surface area contributed by atoms with Crippen molar-refractivity contribution in [2.45, 2.75) is 226 Å². The first-order chi connectivity index (χ1) is 61.9. The van der Waals surface area contributed by atoms with Crippen LogP contribution in [0.25, 0.3) is 0 Å². The largest absolute Gasteiger partial charge is 0.478 e.